The summed E-state index contributed by atoms with van der Waals surface area (Å²) in [5, 5.41) is 124. The van der Waals surface area contributed by atoms with Gasteiger partial charge in [0.15, 0.2) is 31.3 Å². The molecule has 0 aromatic carbocycles. The second-order valence-electron chi connectivity index (χ2n) is 11.4. The molecule has 4 aliphatic rings. The number of hydrogen-bond acceptors (Lipinski definition) is 20. The molecule has 46 heavy (non-hydrogen) atoms. The molecule has 21 heteroatoms. The normalized spacial score (nSPS) is 51.9. The van der Waals surface area contributed by atoms with Crippen LogP contribution >= 0.6 is 0 Å². The summed E-state index contributed by atoms with van der Waals surface area (Å²) in [6.07, 6.45) is -36.0. The Morgan fingerprint density at radius 1 is 0.543 bits per heavy atom. The molecule has 0 radical (unpaired) electrons. The Balaban J connectivity index is 1.59. The predicted octanol–water partition coefficient (Wildman–Crippen LogP) is -7.97. The molecular weight excluding hydrogens is 636 g/mol. The van der Waals surface area contributed by atoms with E-state index in [1.165, 1.54) is 14.0 Å². The van der Waals surface area contributed by atoms with E-state index in [-0.39, 0.29) is 0 Å². The lowest BCUT2D eigenvalue weighted by Crippen LogP contribution is -2.68. The summed E-state index contributed by atoms with van der Waals surface area (Å²) in [6, 6.07) is 0. The highest BCUT2D eigenvalue weighted by atomic mass is 16.8. The van der Waals surface area contributed by atoms with E-state index >= 15 is 0 Å². The number of rotatable bonds is 10. The minimum Gasteiger partial charge on any atom is -0.479 e. The number of carboxylic acids is 1. The number of ether oxygens (including phenoxy) is 8. The van der Waals surface area contributed by atoms with Gasteiger partial charge in [0, 0.05) is 7.11 Å². The van der Waals surface area contributed by atoms with Crippen molar-refractivity contribution in [1.82, 2.24) is 0 Å². The van der Waals surface area contributed by atoms with E-state index in [9.17, 15) is 66.1 Å². The van der Waals surface area contributed by atoms with E-state index in [1.54, 1.807) is 0 Å². The largest absolute Gasteiger partial charge is 0.479 e. The molecule has 268 valence electrons. The summed E-state index contributed by atoms with van der Waals surface area (Å²) in [4.78, 5) is 12.0. The maximum atomic E-state index is 12.0. The molecule has 4 heterocycles. The molecular formula is C25H42O21. The molecule has 12 N–H and O–H groups in total. The maximum Gasteiger partial charge on any atom is 0.335 e. The number of aliphatic hydroxyl groups is 11. The first-order chi connectivity index (χ1) is 21.7. The standard InChI is InChI=1S/C25H42O21/c1-5-17(12(32)14(34)22(39-2)40-5)43-24-16(36)18(15(35)19(45-24)21(37)38)44-25-20(11(31)9(29)7(4-27)42-25)46-23-13(33)10(30)8(28)6(3-26)41-23/h5-20,22-36H,3-4H2,1-2H3,(H,37,38). The Hall–Kier alpha value is -1.29. The Morgan fingerprint density at radius 3 is 1.59 bits per heavy atom. The lowest BCUT2D eigenvalue weighted by Gasteiger charge is -2.49. The quantitative estimate of drug-likeness (QED) is 0.102. The average molecular weight is 679 g/mol. The zero-order valence-corrected chi connectivity index (χ0v) is 24.5. The van der Waals surface area contributed by atoms with Gasteiger partial charge in [-0.2, -0.15) is 0 Å². The highest BCUT2D eigenvalue weighted by Crippen LogP contribution is 2.34. The summed E-state index contributed by atoms with van der Waals surface area (Å²) in [6.45, 7) is -0.336. The zero-order valence-electron chi connectivity index (χ0n) is 24.5. The van der Waals surface area contributed by atoms with Crippen LogP contribution in [0.25, 0.3) is 0 Å². The minimum absolute atomic E-state index is 0.843. The Kier molecular flexibility index (Phi) is 12.6. The fourth-order valence-electron chi connectivity index (χ4n) is 5.66. The third-order valence-electron chi connectivity index (χ3n) is 8.34. The van der Waals surface area contributed by atoms with Crippen molar-refractivity contribution in [2.24, 2.45) is 0 Å². The Labute approximate surface area is 260 Å². The fourth-order valence-corrected chi connectivity index (χ4v) is 5.66. The van der Waals surface area contributed by atoms with Gasteiger partial charge in [0.05, 0.1) is 19.3 Å². The number of carbonyl (C=O) groups is 1. The molecule has 20 atom stereocenters. The maximum absolute atomic E-state index is 12.0. The molecule has 0 bridgehead atoms. The van der Waals surface area contributed by atoms with Gasteiger partial charge in [-0.1, -0.05) is 0 Å². The van der Waals surface area contributed by atoms with Gasteiger partial charge in [-0.05, 0) is 6.92 Å². The first kappa shape index (κ1) is 37.5. The number of aliphatic hydroxyl groups excluding tert-OH is 11. The SMILES string of the molecule is COC1OC(C)C(OC2OC(C(=O)O)C(O)C(OC3OC(CO)C(O)C(O)C3OC3OC(CO)C(O)C(O)C3O)C2O)C(O)C1O. The van der Waals surface area contributed by atoms with Gasteiger partial charge in [0.2, 0.25) is 0 Å². The molecule has 0 saturated carbocycles. The molecule has 20 unspecified atom stereocenters. The highest BCUT2D eigenvalue weighted by Gasteiger charge is 2.56. The van der Waals surface area contributed by atoms with Crippen LogP contribution in [-0.4, -0.2) is 210 Å². The predicted molar refractivity (Wildman–Crippen MR) is 138 cm³/mol. The first-order valence-corrected chi connectivity index (χ1v) is 14.3. The van der Waals surface area contributed by atoms with Crippen molar-refractivity contribution in [3.63, 3.8) is 0 Å². The molecule has 4 aliphatic heterocycles. The summed E-state index contributed by atoms with van der Waals surface area (Å²) in [5.74, 6) is -1.75. The average Bonchev–Trinajstić information content (AvgIpc) is 3.02. The molecule has 4 rings (SSSR count). The van der Waals surface area contributed by atoms with E-state index in [0.717, 1.165) is 0 Å². The van der Waals surface area contributed by atoms with E-state index in [0.29, 0.717) is 0 Å². The minimum atomic E-state index is -2.19. The molecule has 4 saturated heterocycles. The van der Waals surface area contributed by atoms with Crippen LogP contribution in [-0.2, 0) is 42.7 Å². The number of hydrogen-bond donors (Lipinski definition) is 12. The topological polar surface area (TPSA) is 334 Å². The highest BCUT2D eigenvalue weighted by molar-refractivity contribution is 5.73. The van der Waals surface area contributed by atoms with Crippen molar-refractivity contribution < 1.29 is 104 Å². The smallest absolute Gasteiger partial charge is 0.335 e. The van der Waals surface area contributed by atoms with Gasteiger partial charge in [0.25, 0.3) is 0 Å². The van der Waals surface area contributed by atoms with E-state index in [1.807, 2.05) is 0 Å². The molecule has 0 aliphatic carbocycles. The van der Waals surface area contributed by atoms with Gasteiger partial charge in [0.1, 0.15) is 85.5 Å². The van der Waals surface area contributed by atoms with Crippen molar-refractivity contribution in [3.05, 3.63) is 0 Å². The van der Waals surface area contributed by atoms with Crippen LogP contribution < -0.4 is 0 Å². The second kappa shape index (κ2) is 15.5. The van der Waals surface area contributed by atoms with Crippen LogP contribution in [0.5, 0.6) is 0 Å². The van der Waals surface area contributed by atoms with E-state index < -0.39 is 142 Å². The van der Waals surface area contributed by atoms with Gasteiger partial charge in [-0.15, -0.1) is 0 Å². The lowest BCUT2D eigenvalue weighted by molar-refractivity contribution is -0.393. The second-order valence-corrected chi connectivity index (χ2v) is 11.4. The van der Waals surface area contributed by atoms with Crippen molar-refractivity contribution in [1.29, 1.82) is 0 Å². The Morgan fingerprint density at radius 2 is 1.02 bits per heavy atom. The van der Waals surface area contributed by atoms with Gasteiger partial charge in [-0.25, -0.2) is 4.79 Å². The summed E-state index contributed by atoms with van der Waals surface area (Å²) < 4.78 is 43.3. The van der Waals surface area contributed by atoms with Crippen LogP contribution in [0.2, 0.25) is 0 Å². The monoisotopic (exact) mass is 678 g/mol. The van der Waals surface area contributed by atoms with Gasteiger partial charge in [-0.3, -0.25) is 0 Å². The summed E-state index contributed by atoms with van der Waals surface area (Å²) in [7, 11) is 1.21. The molecule has 0 spiro atoms. The lowest BCUT2D eigenvalue weighted by atomic mass is 9.95. The van der Waals surface area contributed by atoms with E-state index in [4.69, 9.17) is 37.9 Å². The zero-order chi connectivity index (χ0) is 34.2. The summed E-state index contributed by atoms with van der Waals surface area (Å²) in [5.41, 5.74) is 0. The molecule has 0 aromatic heterocycles. The summed E-state index contributed by atoms with van der Waals surface area (Å²) >= 11 is 0. The number of carboxylic acid groups (broad SMARTS) is 1. The van der Waals surface area contributed by atoms with Crippen LogP contribution in [0, 0.1) is 0 Å². The number of methoxy groups -OCH3 is 1. The van der Waals surface area contributed by atoms with Crippen LogP contribution in [0.3, 0.4) is 0 Å². The molecule has 21 nitrogen and oxygen atoms in total. The van der Waals surface area contributed by atoms with Crippen molar-refractivity contribution in [2.75, 3.05) is 20.3 Å². The van der Waals surface area contributed by atoms with Crippen molar-refractivity contribution in [3.8, 4) is 0 Å². The van der Waals surface area contributed by atoms with Crippen LogP contribution in [0.4, 0.5) is 0 Å². The third-order valence-corrected chi connectivity index (χ3v) is 8.34. The van der Waals surface area contributed by atoms with Crippen molar-refractivity contribution >= 4 is 5.97 Å². The molecule has 0 aromatic rings. The third kappa shape index (κ3) is 7.33. The van der Waals surface area contributed by atoms with E-state index in [2.05, 4.69) is 0 Å². The molecule has 0 amide bonds. The Bertz CT molecular complexity index is 989. The van der Waals surface area contributed by atoms with Gasteiger partial charge >= 0.3 is 5.97 Å². The molecule has 4 fully saturated rings. The van der Waals surface area contributed by atoms with Crippen molar-refractivity contribution in [2.45, 2.75) is 130 Å². The van der Waals surface area contributed by atoms with Crippen LogP contribution in [0.15, 0.2) is 0 Å². The number of aliphatic carboxylic acids is 1. The van der Waals surface area contributed by atoms with Crippen LogP contribution in [0.1, 0.15) is 6.92 Å². The fraction of sp³-hybridized carbons (Fsp3) is 0.960. The first-order valence-electron chi connectivity index (χ1n) is 14.3. The van der Waals surface area contributed by atoms with Gasteiger partial charge < -0.3 is 99.2 Å².